The number of imidazole rings is 1. The first-order chi connectivity index (χ1) is 15.8. The van der Waals surface area contributed by atoms with Gasteiger partial charge < -0.3 is 19.0 Å². The second-order valence-corrected chi connectivity index (χ2v) is 16.1. The Hall–Kier alpha value is -2.38. The fourth-order valence-electron chi connectivity index (χ4n) is 4.91. The molecule has 1 fully saturated rings. The Balaban J connectivity index is 1.75. The number of H-pyrrole nitrogens is 1. The molecule has 0 bridgehead atoms. The summed E-state index contributed by atoms with van der Waals surface area (Å²) in [6.07, 6.45) is 8.10. The molecule has 1 N–H and O–H groups in total. The van der Waals surface area contributed by atoms with Gasteiger partial charge in [-0.25, -0.2) is 9.78 Å². The third-order valence-electron chi connectivity index (χ3n) is 6.76. The monoisotopic (exact) mass is 467 g/mol. The van der Waals surface area contributed by atoms with Crippen molar-refractivity contribution in [1.29, 1.82) is 0 Å². The molecule has 4 rings (SSSR count). The van der Waals surface area contributed by atoms with Crippen LogP contribution < -0.4 is 0 Å². The maximum Gasteiger partial charge on any atom is 0.337 e. The molecular weight excluding hydrogens is 430 g/mol. The smallest absolute Gasteiger partial charge is 0.337 e. The number of nitrogens with one attached hydrogen (secondary N) is 1. The van der Waals surface area contributed by atoms with Gasteiger partial charge in [-0.15, -0.1) is 0 Å². The lowest BCUT2D eigenvalue weighted by Crippen LogP contribution is -2.22. The number of aromatic nitrogens is 3. The third-order valence-corrected chi connectivity index (χ3v) is 8.46. The van der Waals surface area contributed by atoms with E-state index >= 15 is 0 Å². The van der Waals surface area contributed by atoms with Gasteiger partial charge in [-0.2, -0.15) is 0 Å². The zero-order chi connectivity index (χ0) is 23.6. The molecule has 6 nitrogen and oxygen atoms in total. The van der Waals surface area contributed by atoms with Gasteiger partial charge in [-0.1, -0.05) is 45.0 Å². The SMILES string of the molecule is COC(=O)c1ccc2c(C3CCCCC3)c(-c3c(C)ncn3COCC[Si](C)(C)C)[nH]c2c1. The van der Waals surface area contributed by atoms with Crippen molar-refractivity contribution < 1.29 is 14.3 Å². The van der Waals surface area contributed by atoms with Crippen molar-refractivity contribution in [2.45, 2.75) is 77.4 Å². The largest absolute Gasteiger partial charge is 0.465 e. The van der Waals surface area contributed by atoms with Crippen LogP contribution >= 0.6 is 0 Å². The minimum absolute atomic E-state index is 0.315. The van der Waals surface area contributed by atoms with Crippen LogP contribution in [0.2, 0.25) is 25.7 Å². The van der Waals surface area contributed by atoms with E-state index in [0.29, 0.717) is 18.2 Å². The highest BCUT2D eigenvalue weighted by Gasteiger charge is 2.27. The van der Waals surface area contributed by atoms with E-state index in [-0.39, 0.29) is 5.97 Å². The summed E-state index contributed by atoms with van der Waals surface area (Å²) in [5.74, 6) is 0.186. The van der Waals surface area contributed by atoms with E-state index in [1.165, 1.54) is 50.2 Å². The molecule has 7 heteroatoms. The summed E-state index contributed by atoms with van der Waals surface area (Å²) in [6, 6.07) is 7.01. The lowest BCUT2D eigenvalue weighted by Gasteiger charge is -2.23. The minimum atomic E-state index is -1.13. The van der Waals surface area contributed by atoms with Gasteiger partial charge in [-0.05, 0) is 49.4 Å². The zero-order valence-electron chi connectivity index (χ0n) is 20.7. The van der Waals surface area contributed by atoms with E-state index in [4.69, 9.17) is 9.47 Å². The van der Waals surface area contributed by atoms with E-state index in [1.54, 1.807) is 0 Å². The second kappa shape index (κ2) is 9.85. The lowest BCUT2D eigenvalue weighted by atomic mass is 9.82. The first-order valence-electron chi connectivity index (χ1n) is 12.1. The van der Waals surface area contributed by atoms with E-state index in [0.717, 1.165) is 35.2 Å². The summed E-state index contributed by atoms with van der Waals surface area (Å²) in [5, 5.41) is 1.19. The number of ether oxygens (including phenoxy) is 2. The van der Waals surface area contributed by atoms with Crippen molar-refractivity contribution in [3.05, 3.63) is 41.3 Å². The molecule has 1 saturated carbocycles. The van der Waals surface area contributed by atoms with E-state index < -0.39 is 8.07 Å². The zero-order valence-corrected chi connectivity index (χ0v) is 21.7. The Morgan fingerprint density at radius 3 is 2.67 bits per heavy atom. The first-order valence-corrected chi connectivity index (χ1v) is 15.8. The number of carbonyl (C=O) groups excluding carboxylic acids is 1. The van der Waals surface area contributed by atoms with Crippen molar-refractivity contribution in [2.75, 3.05) is 13.7 Å². The highest BCUT2D eigenvalue weighted by atomic mass is 28.3. The molecule has 178 valence electrons. The summed E-state index contributed by atoms with van der Waals surface area (Å²) >= 11 is 0. The fraction of sp³-hybridized carbons (Fsp3) is 0.538. The molecule has 33 heavy (non-hydrogen) atoms. The number of rotatable bonds is 8. The molecule has 1 aliphatic rings. The molecule has 0 spiro atoms. The molecule has 3 aromatic rings. The van der Waals surface area contributed by atoms with Gasteiger partial charge in [-0.3, -0.25) is 0 Å². The van der Waals surface area contributed by atoms with Crippen molar-refractivity contribution in [2.24, 2.45) is 0 Å². The van der Waals surface area contributed by atoms with Crippen LogP contribution in [0.15, 0.2) is 24.5 Å². The highest BCUT2D eigenvalue weighted by molar-refractivity contribution is 6.76. The second-order valence-electron chi connectivity index (χ2n) is 10.5. The number of hydrogen-bond acceptors (Lipinski definition) is 4. The van der Waals surface area contributed by atoms with E-state index in [2.05, 4.69) is 47.2 Å². The van der Waals surface area contributed by atoms with Crippen LogP contribution in [-0.4, -0.2) is 42.3 Å². The van der Waals surface area contributed by atoms with Gasteiger partial charge in [0, 0.05) is 25.6 Å². The summed E-state index contributed by atoms with van der Waals surface area (Å²) in [5.41, 5.74) is 6.07. The van der Waals surface area contributed by atoms with Gasteiger partial charge >= 0.3 is 5.97 Å². The number of esters is 1. The number of carbonyl (C=O) groups is 1. The van der Waals surface area contributed by atoms with Crippen LogP contribution in [0.1, 0.15) is 59.6 Å². The maximum atomic E-state index is 12.1. The Morgan fingerprint density at radius 2 is 1.97 bits per heavy atom. The Kier molecular flexibility index (Phi) is 7.09. The van der Waals surface area contributed by atoms with Crippen LogP contribution in [-0.2, 0) is 16.2 Å². The normalized spacial score (nSPS) is 15.3. The third kappa shape index (κ3) is 5.25. The number of aryl methyl sites for hydroxylation is 1. The predicted octanol–water partition coefficient (Wildman–Crippen LogP) is 6.49. The van der Waals surface area contributed by atoms with Gasteiger partial charge in [0.15, 0.2) is 0 Å². The summed E-state index contributed by atoms with van der Waals surface area (Å²) < 4.78 is 13.1. The number of nitrogens with zero attached hydrogens (tertiary/aromatic N) is 2. The number of fused-ring (bicyclic) bond motifs is 1. The molecule has 0 radical (unpaired) electrons. The minimum Gasteiger partial charge on any atom is -0.465 e. The molecule has 2 heterocycles. The summed E-state index contributed by atoms with van der Waals surface area (Å²) in [6.45, 7) is 10.4. The van der Waals surface area contributed by atoms with Crippen LogP contribution in [0.3, 0.4) is 0 Å². The first kappa shape index (κ1) is 23.8. The maximum absolute atomic E-state index is 12.1. The molecule has 1 aromatic carbocycles. The quantitative estimate of drug-likeness (QED) is 0.234. The van der Waals surface area contributed by atoms with Crippen LogP contribution in [0.5, 0.6) is 0 Å². The summed E-state index contributed by atoms with van der Waals surface area (Å²) in [4.78, 5) is 20.4. The van der Waals surface area contributed by atoms with E-state index in [9.17, 15) is 4.79 Å². The molecular formula is C26H37N3O3Si. The lowest BCUT2D eigenvalue weighted by molar-refractivity contribution is 0.0601. The van der Waals surface area contributed by atoms with Crippen LogP contribution in [0.4, 0.5) is 0 Å². The number of benzene rings is 1. The molecule has 2 aromatic heterocycles. The molecule has 0 atom stereocenters. The predicted molar refractivity (Wildman–Crippen MR) is 136 cm³/mol. The molecule has 0 unspecified atom stereocenters. The van der Waals surface area contributed by atoms with Gasteiger partial charge in [0.1, 0.15) is 6.73 Å². The number of methoxy groups -OCH3 is 1. The highest BCUT2D eigenvalue weighted by Crippen LogP contribution is 2.43. The summed E-state index contributed by atoms with van der Waals surface area (Å²) in [7, 11) is 0.288. The van der Waals surface area contributed by atoms with Gasteiger partial charge in [0.25, 0.3) is 0 Å². The molecule has 0 aliphatic heterocycles. The number of hydrogen-bond donors (Lipinski definition) is 1. The molecule has 0 saturated heterocycles. The van der Waals surface area contributed by atoms with Crippen molar-refractivity contribution >= 4 is 24.9 Å². The van der Waals surface area contributed by atoms with Crippen molar-refractivity contribution in [1.82, 2.24) is 14.5 Å². The van der Waals surface area contributed by atoms with Gasteiger partial charge in [0.05, 0.1) is 36.1 Å². The molecule has 0 amide bonds. The topological polar surface area (TPSA) is 69.1 Å². The van der Waals surface area contributed by atoms with Gasteiger partial charge in [0.2, 0.25) is 0 Å². The Bertz CT molecular complexity index is 1120. The van der Waals surface area contributed by atoms with Crippen molar-refractivity contribution in [3.8, 4) is 11.4 Å². The Morgan fingerprint density at radius 1 is 1.21 bits per heavy atom. The number of aromatic amines is 1. The fourth-order valence-corrected chi connectivity index (χ4v) is 5.67. The van der Waals surface area contributed by atoms with Crippen LogP contribution in [0.25, 0.3) is 22.3 Å². The molecule has 1 aliphatic carbocycles. The average molecular weight is 468 g/mol. The van der Waals surface area contributed by atoms with E-state index in [1.807, 2.05) is 18.5 Å². The standard InChI is InChI=1S/C26H37N3O3Si/c1-18-25(29(16-27-18)17-32-13-14-33(3,4)5)24-23(19-9-7-6-8-10-19)21-12-11-20(26(30)31-2)15-22(21)28-24/h11-12,15-16,19,28H,6-10,13-14,17H2,1-5H3. The average Bonchev–Trinajstić information content (AvgIpc) is 3.35. The van der Waals surface area contributed by atoms with Crippen molar-refractivity contribution in [3.63, 3.8) is 0 Å². The Labute approximate surface area is 197 Å². The van der Waals surface area contributed by atoms with Crippen LogP contribution in [0, 0.1) is 6.92 Å².